The fourth-order valence-electron chi connectivity index (χ4n) is 1.55. The Hall–Kier alpha value is -0.000000000000000111. The number of sulfonamides is 1. The Morgan fingerprint density at radius 3 is 2.11 bits per heavy atom. The SMILES string of the molecule is CC(Cl)CC(C)NS(=O)(=O)c1cc(Cl)cc(Cl)c1. The summed E-state index contributed by atoms with van der Waals surface area (Å²) in [4.78, 5) is 0.0501. The first kappa shape index (κ1) is 16.1. The van der Waals surface area contributed by atoms with E-state index in [2.05, 4.69) is 4.72 Å². The molecule has 1 N–H and O–H groups in total. The maximum Gasteiger partial charge on any atom is 0.240 e. The normalized spacial score (nSPS) is 15.4. The van der Waals surface area contributed by atoms with Crippen molar-refractivity contribution in [2.24, 2.45) is 0 Å². The van der Waals surface area contributed by atoms with Gasteiger partial charge in [-0.15, -0.1) is 11.6 Å². The molecule has 0 heterocycles. The Morgan fingerprint density at radius 1 is 1.17 bits per heavy atom. The van der Waals surface area contributed by atoms with E-state index in [1.807, 2.05) is 6.92 Å². The molecule has 3 nitrogen and oxygen atoms in total. The van der Waals surface area contributed by atoms with Crippen molar-refractivity contribution in [2.45, 2.75) is 36.6 Å². The Morgan fingerprint density at radius 2 is 1.67 bits per heavy atom. The molecule has 1 rings (SSSR count). The van der Waals surface area contributed by atoms with Crippen LogP contribution in [0, 0.1) is 0 Å². The smallest absolute Gasteiger partial charge is 0.208 e. The Balaban J connectivity index is 2.92. The van der Waals surface area contributed by atoms with E-state index in [1.165, 1.54) is 18.2 Å². The zero-order valence-electron chi connectivity index (χ0n) is 9.95. The zero-order chi connectivity index (χ0) is 13.9. The van der Waals surface area contributed by atoms with Gasteiger partial charge in [0.25, 0.3) is 0 Å². The first-order chi connectivity index (χ1) is 8.20. The van der Waals surface area contributed by atoms with Gasteiger partial charge in [0.05, 0.1) is 4.90 Å². The topological polar surface area (TPSA) is 46.2 Å². The number of hydrogen-bond acceptors (Lipinski definition) is 2. The second-order valence-corrected chi connectivity index (χ2v) is 7.48. The number of nitrogens with one attached hydrogen (secondary N) is 1. The highest BCUT2D eigenvalue weighted by atomic mass is 35.5. The minimum absolute atomic E-state index is 0.0501. The van der Waals surface area contributed by atoms with Gasteiger partial charge in [-0.2, -0.15) is 0 Å². The van der Waals surface area contributed by atoms with E-state index < -0.39 is 10.0 Å². The van der Waals surface area contributed by atoms with E-state index in [1.54, 1.807) is 6.92 Å². The summed E-state index contributed by atoms with van der Waals surface area (Å²) in [5.74, 6) is 0. The highest BCUT2D eigenvalue weighted by Gasteiger charge is 2.19. The monoisotopic (exact) mass is 329 g/mol. The second kappa shape index (κ2) is 6.44. The third kappa shape index (κ3) is 4.94. The van der Waals surface area contributed by atoms with Crippen LogP contribution in [0.5, 0.6) is 0 Å². The van der Waals surface area contributed by atoms with Crippen LogP contribution < -0.4 is 4.72 Å². The van der Waals surface area contributed by atoms with E-state index in [0.29, 0.717) is 6.42 Å². The summed E-state index contributed by atoms with van der Waals surface area (Å²) in [6.07, 6.45) is 0.537. The lowest BCUT2D eigenvalue weighted by Gasteiger charge is -2.15. The number of halogens is 3. The first-order valence-electron chi connectivity index (χ1n) is 5.33. The average Bonchev–Trinajstić information content (AvgIpc) is 2.13. The van der Waals surface area contributed by atoms with E-state index >= 15 is 0 Å². The summed E-state index contributed by atoms with van der Waals surface area (Å²) >= 11 is 17.4. The first-order valence-corrected chi connectivity index (χ1v) is 8.01. The summed E-state index contributed by atoms with van der Waals surface area (Å²) in [7, 11) is -3.63. The maximum atomic E-state index is 12.1. The quantitative estimate of drug-likeness (QED) is 0.837. The number of rotatable bonds is 5. The predicted octanol–water partition coefficient (Wildman–Crippen LogP) is 3.68. The van der Waals surface area contributed by atoms with Crippen molar-refractivity contribution in [2.75, 3.05) is 0 Å². The Kier molecular flexibility index (Phi) is 5.74. The summed E-state index contributed by atoms with van der Waals surface area (Å²) in [6, 6.07) is 3.92. The Bertz CT molecular complexity index is 497. The lowest BCUT2D eigenvalue weighted by molar-refractivity contribution is 0.545. The molecule has 7 heteroatoms. The minimum atomic E-state index is -3.63. The summed E-state index contributed by atoms with van der Waals surface area (Å²) in [5, 5.41) is 0.452. The van der Waals surface area contributed by atoms with Crippen molar-refractivity contribution < 1.29 is 8.42 Å². The van der Waals surface area contributed by atoms with Gasteiger partial charge in [0.1, 0.15) is 0 Å². The third-order valence-electron chi connectivity index (χ3n) is 2.18. The molecule has 0 aliphatic rings. The van der Waals surface area contributed by atoms with Crippen molar-refractivity contribution >= 4 is 44.8 Å². The molecule has 102 valence electrons. The van der Waals surface area contributed by atoms with Crippen LogP contribution >= 0.6 is 34.8 Å². The molecular formula is C11H14Cl3NO2S. The van der Waals surface area contributed by atoms with Crippen LogP contribution in [0.25, 0.3) is 0 Å². The molecule has 0 spiro atoms. The fourth-order valence-corrected chi connectivity index (χ4v) is 3.80. The van der Waals surface area contributed by atoms with Crippen LogP contribution in [-0.2, 0) is 10.0 Å². The largest absolute Gasteiger partial charge is 0.240 e. The van der Waals surface area contributed by atoms with Gasteiger partial charge in [-0.3, -0.25) is 0 Å². The summed E-state index contributed by atoms with van der Waals surface area (Å²) in [6.45, 7) is 3.56. The van der Waals surface area contributed by atoms with Crippen LogP contribution in [-0.4, -0.2) is 19.8 Å². The van der Waals surface area contributed by atoms with Crippen molar-refractivity contribution in [1.82, 2.24) is 4.72 Å². The number of hydrogen-bond donors (Lipinski definition) is 1. The van der Waals surface area contributed by atoms with Crippen LogP contribution in [0.3, 0.4) is 0 Å². The fraction of sp³-hybridized carbons (Fsp3) is 0.455. The van der Waals surface area contributed by atoms with Gasteiger partial charge in [-0.05, 0) is 38.5 Å². The van der Waals surface area contributed by atoms with E-state index in [-0.39, 0.29) is 26.4 Å². The van der Waals surface area contributed by atoms with E-state index in [4.69, 9.17) is 34.8 Å². The zero-order valence-corrected chi connectivity index (χ0v) is 13.0. The molecule has 0 aromatic heterocycles. The Labute approximate surface area is 122 Å². The molecule has 0 bridgehead atoms. The molecule has 2 unspecified atom stereocenters. The molecule has 0 aliphatic heterocycles. The van der Waals surface area contributed by atoms with Crippen LogP contribution in [0.15, 0.2) is 23.1 Å². The molecule has 18 heavy (non-hydrogen) atoms. The molecule has 0 radical (unpaired) electrons. The lowest BCUT2D eigenvalue weighted by Crippen LogP contribution is -2.33. The van der Waals surface area contributed by atoms with E-state index in [9.17, 15) is 8.42 Å². The van der Waals surface area contributed by atoms with Gasteiger partial charge in [0.15, 0.2) is 0 Å². The molecule has 1 aromatic carbocycles. The number of alkyl halides is 1. The highest BCUT2D eigenvalue weighted by Crippen LogP contribution is 2.22. The van der Waals surface area contributed by atoms with Crippen molar-refractivity contribution in [3.05, 3.63) is 28.2 Å². The molecule has 0 fully saturated rings. The molecule has 0 saturated heterocycles. The average molecular weight is 331 g/mol. The van der Waals surface area contributed by atoms with Crippen molar-refractivity contribution in [3.8, 4) is 0 Å². The standard InChI is InChI=1S/C11H14Cl3NO2S/c1-7(12)3-8(2)15-18(16,17)11-5-9(13)4-10(14)6-11/h4-8,15H,3H2,1-2H3. The van der Waals surface area contributed by atoms with Gasteiger partial charge in [0, 0.05) is 21.5 Å². The van der Waals surface area contributed by atoms with Crippen molar-refractivity contribution in [3.63, 3.8) is 0 Å². The van der Waals surface area contributed by atoms with Gasteiger partial charge < -0.3 is 0 Å². The van der Waals surface area contributed by atoms with Gasteiger partial charge in [-0.25, -0.2) is 13.1 Å². The molecule has 0 aliphatic carbocycles. The summed E-state index contributed by atoms with van der Waals surface area (Å²) in [5.41, 5.74) is 0. The van der Waals surface area contributed by atoms with Crippen molar-refractivity contribution in [1.29, 1.82) is 0 Å². The molecule has 0 saturated carbocycles. The molecule has 2 atom stereocenters. The minimum Gasteiger partial charge on any atom is -0.208 e. The van der Waals surface area contributed by atoms with E-state index in [0.717, 1.165) is 0 Å². The van der Waals surface area contributed by atoms with Crippen LogP contribution in [0.4, 0.5) is 0 Å². The molecule has 1 aromatic rings. The third-order valence-corrected chi connectivity index (χ3v) is 4.36. The second-order valence-electron chi connectivity index (χ2n) is 4.14. The lowest BCUT2D eigenvalue weighted by atomic mass is 10.2. The van der Waals surface area contributed by atoms with Gasteiger partial charge in [-0.1, -0.05) is 23.2 Å². The van der Waals surface area contributed by atoms with Gasteiger partial charge >= 0.3 is 0 Å². The predicted molar refractivity (Wildman–Crippen MR) is 76.2 cm³/mol. The summed E-state index contributed by atoms with van der Waals surface area (Å²) < 4.78 is 26.6. The highest BCUT2D eigenvalue weighted by molar-refractivity contribution is 7.89. The van der Waals surface area contributed by atoms with Crippen LogP contribution in [0.2, 0.25) is 10.0 Å². The van der Waals surface area contributed by atoms with Crippen LogP contribution in [0.1, 0.15) is 20.3 Å². The number of benzene rings is 1. The maximum absolute atomic E-state index is 12.1. The molecule has 0 amide bonds. The molecular weight excluding hydrogens is 317 g/mol. The van der Waals surface area contributed by atoms with Gasteiger partial charge in [0.2, 0.25) is 10.0 Å².